The Labute approximate surface area is 181 Å². The van der Waals surface area contributed by atoms with E-state index in [-0.39, 0.29) is 24.1 Å². The summed E-state index contributed by atoms with van der Waals surface area (Å²) < 4.78 is 16.3. The fourth-order valence-electron chi connectivity index (χ4n) is 6.54. The minimum absolute atomic E-state index is 0.154. The van der Waals surface area contributed by atoms with Gasteiger partial charge in [-0.3, -0.25) is 19.2 Å². The van der Waals surface area contributed by atoms with Crippen LogP contribution in [-0.2, 0) is 28.7 Å². The van der Waals surface area contributed by atoms with E-state index in [1.165, 1.54) is 13.2 Å². The van der Waals surface area contributed by atoms with Crippen molar-refractivity contribution in [2.45, 2.75) is 58.7 Å². The van der Waals surface area contributed by atoms with Crippen molar-refractivity contribution in [3.8, 4) is 0 Å². The van der Waals surface area contributed by atoms with Gasteiger partial charge in [0.1, 0.15) is 6.10 Å². The standard InChI is InChI=1S/C23H29NO7/c1-12(25)30-16-9-15(20(27)24-4)22(2)7-5-14-21(28)31-17(13-6-8-29-11-13)10-23(14,3)19(22)18(16)26/h6,8,11,14-17,19H,5,7,9-10H2,1-4H3,(H,24,27)/t14-,15-,16-,17-,19-,22-,23-/m0/s1. The van der Waals surface area contributed by atoms with Crippen molar-refractivity contribution in [1.29, 1.82) is 0 Å². The molecule has 4 rings (SSSR count). The summed E-state index contributed by atoms with van der Waals surface area (Å²) in [7, 11) is 1.57. The van der Waals surface area contributed by atoms with Gasteiger partial charge >= 0.3 is 11.9 Å². The van der Waals surface area contributed by atoms with Crippen molar-refractivity contribution < 1.29 is 33.1 Å². The van der Waals surface area contributed by atoms with Crippen LogP contribution in [0.5, 0.6) is 0 Å². The molecule has 0 spiro atoms. The van der Waals surface area contributed by atoms with Crippen LogP contribution < -0.4 is 5.32 Å². The number of Topliss-reactive ketones (excluding diaryl/α,β-unsaturated/α-hetero) is 1. The quantitative estimate of drug-likeness (QED) is 0.732. The maximum atomic E-state index is 13.7. The van der Waals surface area contributed by atoms with Gasteiger partial charge in [-0.05, 0) is 36.2 Å². The lowest BCUT2D eigenvalue weighted by Gasteiger charge is -2.61. The van der Waals surface area contributed by atoms with Crippen LogP contribution in [0.3, 0.4) is 0 Å². The number of nitrogens with one attached hydrogen (secondary N) is 1. The molecule has 0 unspecified atom stereocenters. The number of amides is 1. The highest BCUT2D eigenvalue weighted by Crippen LogP contribution is 2.65. The molecular weight excluding hydrogens is 402 g/mol. The van der Waals surface area contributed by atoms with Gasteiger partial charge in [0.05, 0.1) is 18.4 Å². The molecule has 3 aliphatic rings. The molecule has 0 aromatic carbocycles. The molecule has 0 bridgehead atoms. The van der Waals surface area contributed by atoms with E-state index in [9.17, 15) is 19.2 Å². The number of furan rings is 1. The molecule has 2 aliphatic carbocycles. The minimum atomic E-state index is -1.00. The highest BCUT2D eigenvalue weighted by molar-refractivity contribution is 5.93. The second kappa shape index (κ2) is 7.50. The van der Waals surface area contributed by atoms with Crippen molar-refractivity contribution in [3.63, 3.8) is 0 Å². The van der Waals surface area contributed by atoms with E-state index >= 15 is 0 Å². The Morgan fingerprint density at radius 3 is 2.58 bits per heavy atom. The summed E-state index contributed by atoms with van der Waals surface area (Å²) in [6, 6.07) is 1.75. The lowest BCUT2D eigenvalue weighted by molar-refractivity contribution is -0.207. The SMILES string of the molecule is CNC(=O)[C@@H]1C[C@H](OC(C)=O)C(=O)[C@H]2[C@@]1(C)CC[C@H]1C(=O)O[C@H](c3ccoc3)C[C@]21C. The third kappa shape index (κ3) is 3.27. The van der Waals surface area contributed by atoms with Gasteiger partial charge in [-0.2, -0.15) is 0 Å². The fourth-order valence-corrected chi connectivity index (χ4v) is 6.54. The Balaban J connectivity index is 1.80. The van der Waals surface area contributed by atoms with E-state index in [1.807, 2.05) is 13.8 Å². The number of hydrogen-bond donors (Lipinski definition) is 1. The van der Waals surface area contributed by atoms with Gasteiger partial charge in [-0.25, -0.2) is 0 Å². The number of ketones is 1. The number of esters is 2. The van der Waals surface area contributed by atoms with Gasteiger partial charge in [0.15, 0.2) is 11.9 Å². The normalized spacial score (nSPS) is 39.7. The molecule has 1 aromatic rings. The Morgan fingerprint density at radius 1 is 1.23 bits per heavy atom. The molecule has 1 N–H and O–H groups in total. The highest BCUT2D eigenvalue weighted by atomic mass is 16.6. The van der Waals surface area contributed by atoms with Gasteiger partial charge in [-0.15, -0.1) is 0 Å². The van der Waals surface area contributed by atoms with E-state index in [1.54, 1.807) is 19.4 Å². The average molecular weight is 431 g/mol. The molecule has 2 heterocycles. The Morgan fingerprint density at radius 2 is 1.97 bits per heavy atom. The van der Waals surface area contributed by atoms with Crippen LogP contribution in [0.4, 0.5) is 0 Å². The van der Waals surface area contributed by atoms with Crippen molar-refractivity contribution in [2.75, 3.05) is 7.05 Å². The molecule has 3 fully saturated rings. The van der Waals surface area contributed by atoms with E-state index < -0.39 is 46.8 Å². The number of carbonyl (C=O) groups excluding carboxylic acids is 4. The summed E-state index contributed by atoms with van der Waals surface area (Å²) in [4.78, 5) is 51.3. The predicted octanol–water partition coefficient (Wildman–Crippen LogP) is 2.57. The summed E-state index contributed by atoms with van der Waals surface area (Å²) in [5.74, 6) is -2.86. The lowest BCUT2D eigenvalue weighted by atomic mass is 9.43. The molecule has 1 saturated heterocycles. The molecule has 8 heteroatoms. The summed E-state index contributed by atoms with van der Waals surface area (Å²) in [5, 5.41) is 2.71. The summed E-state index contributed by atoms with van der Waals surface area (Å²) in [6.07, 6.45) is 3.20. The first-order chi connectivity index (χ1) is 14.6. The first kappa shape index (κ1) is 21.6. The van der Waals surface area contributed by atoms with Crippen LogP contribution in [0.1, 0.15) is 58.1 Å². The maximum absolute atomic E-state index is 13.7. The predicted molar refractivity (Wildman–Crippen MR) is 107 cm³/mol. The summed E-state index contributed by atoms with van der Waals surface area (Å²) >= 11 is 0. The van der Waals surface area contributed by atoms with Gasteiger partial charge < -0.3 is 19.2 Å². The van der Waals surface area contributed by atoms with E-state index in [0.29, 0.717) is 19.3 Å². The Kier molecular flexibility index (Phi) is 5.22. The number of rotatable bonds is 3. The average Bonchev–Trinajstić information content (AvgIpc) is 3.23. The third-order valence-corrected chi connectivity index (χ3v) is 7.89. The number of ether oxygens (including phenoxy) is 2. The third-order valence-electron chi connectivity index (χ3n) is 7.89. The Bertz CT molecular complexity index is 909. The molecule has 7 atom stereocenters. The second-order valence-electron chi connectivity index (χ2n) is 9.63. The first-order valence-electron chi connectivity index (χ1n) is 10.8. The lowest BCUT2D eigenvalue weighted by Crippen LogP contribution is -2.65. The number of cyclic esters (lactones) is 1. The second-order valence-corrected chi connectivity index (χ2v) is 9.63. The van der Waals surface area contributed by atoms with Gasteiger partial charge in [0, 0.05) is 37.8 Å². The van der Waals surface area contributed by atoms with Gasteiger partial charge in [0.25, 0.3) is 0 Å². The van der Waals surface area contributed by atoms with Crippen molar-refractivity contribution in [1.82, 2.24) is 5.32 Å². The van der Waals surface area contributed by atoms with Crippen molar-refractivity contribution in [2.24, 2.45) is 28.6 Å². The minimum Gasteiger partial charge on any atom is -0.472 e. The molecule has 1 aromatic heterocycles. The molecule has 8 nitrogen and oxygen atoms in total. The van der Waals surface area contributed by atoms with Crippen molar-refractivity contribution >= 4 is 23.6 Å². The topological polar surface area (TPSA) is 112 Å². The van der Waals surface area contributed by atoms with E-state index in [2.05, 4.69) is 5.32 Å². The fraction of sp³-hybridized carbons (Fsp3) is 0.652. The number of carbonyl (C=O) groups is 4. The molecule has 2 saturated carbocycles. The monoisotopic (exact) mass is 431 g/mol. The largest absolute Gasteiger partial charge is 0.472 e. The molecule has 1 amide bonds. The van der Waals surface area contributed by atoms with E-state index in [0.717, 1.165) is 5.56 Å². The number of fused-ring (bicyclic) bond motifs is 3. The zero-order valence-corrected chi connectivity index (χ0v) is 18.3. The summed E-state index contributed by atoms with van der Waals surface area (Å²) in [5.41, 5.74) is -0.660. The highest BCUT2D eigenvalue weighted by Gasteiger charge is 2.67. The molecule has 1 aliphatic heterocycles. The van der Waals surface area contributed by atoms with Crippen LogP contribution in [0.15, 0.2) is 23.0 Å². The Hall–Kier alpha value is -2.64. The summed E-state index contributed by atoms with van der Waals surface area (Å²) in [6.45, 7) is 5.17. The van der Waals surface area contributed by atoms with Crippen LogP contribution in [0.25, 0.3) is 0 Å². The maximum Gasteiger partial charge on any atom is 0.310 e. The van der Waals surface area contributed by atoms with Crippen LogP contribution >= 0.6 is 0 Å². The first-order valence-corrected chi connectivity index (χ1v) is 10.8. The molecule has 31 heavy (non-hydrogen) atoms. The van der Waals surface area contributed by atoms with Gasteiger partial charge in [0.2, 0.25) is 5.91 Å². The zero-order chi connectivity index (χ0) is 22.6. The van der Waals surface area contributed by atoms with E-state index in [4.69, 9.17) is 13.9 Å². The van der Waals surface area contributed by atoms with Crippen molar-refractivity contribution in [3.05, 3.63) is 24.2 Å². The number of hydrogen-bond acceptors (Lipinski definition) is 7. The van der Waals surface area contributed by atoms with Crippen LogP contribution in [0, 0.1) is 28.6 Å². The molecule has 168 valence electrons. The smallest absolute Gasteiger partial charge is 0.310 e. The van der Waals surface area contributed by atoms with Crippen LogP contribution in [-0.4, -0.2) is 36.8 Å². The van der Waals surface area contributed by atoms with Gasteiger partial charge in [-0.1, -0.05) is 13.8 Å². The zero-order valence-electron chi connectivity index (χ0n) is 18.3. The van der Waals surface area contributed by atoms with Crippen LogP contribution in [0.2, 0.25) is 0 Å². The molecule has 0 radical (unpaired) electrons. The molecular formula is C23H29NO7.